The molecule has 1 N–H and O–H groups in total. The van der Waals surface area contributed by atoms with Crippen LogP contribution in [0.15, 0.2) is 30.6 Å². The molecule has 1 aliphatic heterocycles. The predicted octanol–water partition coefficient (Wildman–Crippen LogP) is 3.30. The van der Waals surface area contributed by atoms with E-state index in [-0.39, 0.29) is 23.7 Å². The molecule has 1 aromatic heterocycles. The van der Waals surface area contributed by atoms with Crippen molar-refractivity contribution in [1.29, 1.82) is 0 Å². The van der Waals surface area contributed by atoms with E-state index in [2.05, 4.69) is 38.8 Å². The zero-order chi connectivity index (χ0) is 22.5. The van der Waals surface area contributed by atoms with E-state index in [0.717, 1.165) is 0 Å². The number of methoxy groups -OCH3 is 2. The van der Waals surface area contributed by atoms with Crippen LogP contribution >= 0.6 is 11.6 Å². The van der Waals surface area contributed by atoms with Gasteiger partial charge in [-0.05, 0) is 24.1 Å². The summed E-state index contributed by atoms with van der Waals surface area (Å²) in [6, 6.07) is 4.90. The van der Waals surface area contributed by atoms with Crippen molar-refractivity contribution in [3.63, 3.8) is 0 Å². The van der Waals surface area contributed by atoms with Crippen molar-refractivity contribution in [2.75, 3.05) is 44.1 Å². The smallest absolute Gasteiger partial charge is 0.358 e. The Morgan fingerprint density at radius 2 is 1.97 bits per heavy atom. The lowest BCUT2D eigenvalue weighted by atomic mass is 10.00. The molecular weight excluding hydrogens is 422 g/mol. The highest BCUT2D eigenvalue weighted by molar-refractivity contribution is 6.32. The number of hydrogen-bond acceptors (Lipinski definition) is 7. The van der Waals surface area contributed by atoms with Gasteiger partial charge in [-0.2, -0.15) is 0 Å². The maximum absolute atomic E-state index is 13.0. The molecule has 0 bridgehead atoms. The zero-order valence-electron chi connectivity index (χ0n) is 18.0. The number of carbonyl (C=O) groups excluding carboxylic acids is 2. The maximum Gasteiger partial charge on any atom is 0.358 e. The van der Waals surface area contributed by atoms with Gasteiger partial charge in [-0.1, -0.05) is 25.4 Å². The van der Waals surface area contributed by atoms with Crippen LogP contribution in [-0.4, -0.2) is 66.8 Å². The van der Waals surface area contributed by atoms with E-state index in [0.29, 0.717) is 41.9 Å². The van der Waals surface area contributed by atoms with Gasteiger partial charge in [0, 0.05) is 25.3 Å². The average Bonchev–Trinajstić information content (AvgIpc) is 2.78. The number of esters is 1. The Morgan fingerprint density at radius 1 is 1.19 bits per heavy atom. The average molecular weight is 448 g/mol. The summed E-state index contributed by atoms with van der Waals surface area (Å²) < 4.78 is 9.81. The monoisotopic (exact) mass is 447 g/mol. The van der Waals surface area contributed by atoms with Crippen LogP contribution in [0, 0.1) is 5.92 Å². The molecule has 1 atom stereocenters. The Kier molecular flexibility index (Phi) is 7.17. The number of anilines is 2. The summed E-state index contributed by atoms with van der Waals surface area (Å²) in [5.41, 5.74) is 0.757. The van der Waals surface area contributed by atoms with Crippen LogP contribution in [0.5, 0.6) is 5.75 Å². The standard InChI is InChI=1S/C21H26ClN5O4/c1-13(2)17-12-26(19-11-23-16(10-24-19)20(28)31-4)7-8-27(17)21(29)25-14-5-6-18(30-3)15(22)9-14/h5-6,9-11,13,17H,7-8,12H2,1-4H3,(H,25,29). The molecule has 0 spiro atoms. The van der Waals surface area contributed by atoms with Crippen molar-refractivity contribution in [2.45, 2.75) is 19.9 Å². The second kappa shape index (κ2) is 9.82. The molecule has 2 amide bonds. The van der Waals surface area contributed by atoms with E-state index < -0.39 is 5.97 Å². The molecule has 1 aromatic carbocycles. The number of halogens is 1. The third kappa shape index (κ3) is 5.16. The van der Waals surface area contributed by atoms with Crippen LogP contribution in [0.3, 0.4) is 0 Å². The van der Waals surface area contributed by atoms with Gasteiger partial charge in [0.15, 0.2) is 5.69 Å². The second-order valence-electron chi connectivity index (χ2n) is 7.48. The number of amides is 2. The summed E-state index contributed by atoms with van der Waals surface area (Å²) >= 11 is 6.17. The van der Waals surface area contributed by atoms with Crippen LogP contribution in [0.1, 0.15) is 24.3 Å². The fourth-order valence-corrected chi connectivity index (χ4v) is 3.73. The fourth-order valence-electron chi connectivity index (χ4n) is 3.47. The summed E-state index contributed by atoms with van der Waals surface area (Å²) in [5, 5.41) is 3.35. The van der Waals surface area contributed by atoms with Crippen LogP contribution in [0.25, 0.3) is 0 Å². The zero-order valence-corrected chi connectivity index (χ0v) is 18.7. The largest absolute Gasteiger partial charge is 0.495 e. The van der Waals surface area contributed by atoms with Crippen molar-refractivity contribution in [2.24, 2.45) is 5.92 Å². The quantitative estimate of drug-likeness (QED) is 0.702. The second-order valence-corrected chi connectivity index (χ2v) is 7.89. The van der Waals surface area contributed by atoms with Crippen molar-refractivity contribution in [3.05, 3.63) is 41.3 Å². The molecule has 0 saturated carbocycles. The van der Waals surface area contributed by atoms with Crippen molar-refractivity contribution in [3.8, 4) is 5.75 Å². The first-order valence-corrected chi connectivity index (χ1v) is 10.3. The van der Waals surface area contributed by atoms with E-state index in [1.165, 1.54) is 13.3 Å². The molecule has 3 rings (SSSR count). The lowest BCUT2D eigenvalue weighted by Crippen LogP contribution is -2.58. The number of ether oxygens (including phenoxy) is 2. The highest BCUT2D eigenvalue weighted by Gasteiger charge is 2.33. The molecule has 166 valence electrons. The van der Waals surface area contributed by atoms with E-state index in [9.17, 15) is 9.59 Å². The third-order valence-electron chi connectivity index (χ3n) is 5.21. The summed E-state index contributed by atoms with van der Waals surface area (Å²) in [4.78, 5) is 36.9. The SMILES string of the molecule is COC(=O)c1cnc(N2CCN(C(=O)Nc3ccc(OC)c(Cl)c3)C(C(C)C)C2)cn1. The van der Waals surface area contributed by atoms with Gasteiger partial charge >= 0.3 is 12.0 Å². The number of urea groups is 1. The summed E-state index contributed by atoms with van der Waals surface area (Å²) in [5.74, 6) is 0.891. The van der Waals surface area contributed by atoms with Gasteiger partial charge in [0.25, 0.3) is 0 Å². The molecule has 1 unspecified atom stereocenters. The molecule has 1 fully saturated rings. The Labute approximate surface area is 186 Å². The topological polar surface area (TPSA) is 96.9 Å². The fraction of sp³-hybridized carbons (Fsp3) is 0.429. The van der Waals surface area contributed by atoms with Gasteiger partial charge in [-0.25, -0.2) is 19.6 Å². The molecule has 0 radical (unpaired) electrons. The number of rotatable bonds is 5. The van der Waals surface area contributed by atoms with Crippen molar-refractivity contribution in [1.82, 2.24) is 14.9 Å². The molecule has 1 aliphatic rings. The number of aromatic nitrogens is 2. The molecule has 9 nitrogen and oxygen atoms in total. The van der Waals surface area contributed by atoms with E-state index in [4.69, 9.17) is 16.3 Å². The lowest BCUT2D eigenvalue weighted by molar-refractivity contribution is 0.0593. The first-order chi connectivity index (χ1) is 14.8. The van der Waals surface area contributed by atoms with Crippen LogP contribution in [0.4, 0.5) is 16.3 Å². The first kappa shape index (κ1) is 22.6. The molecule has 31 heavy (non-hydrogen) atoms. The molecule has 10 heteroatoms. The summed E-state index contributed by atoms with van der Waals surface area (Å²) in [6.07, 6.45) is 2.96. The number of piperazine rings is 1. The number of carbonyl (C=O) groups is 2. The minimum atomic E-state index is -0.528. The van der Waals surface area contributed by atoms with Gasteiger partial charge in [-0.15, -0.1) is 0 Å². The Bertz CT molecular complexity index is 938. The summed E-state index contributed by atoms with van der Waals surface area (Å²) in [6.45, 7) is 5.85. The highest BCUT2D eigenvalue weighted by atomic mass is 35.5. The Balaban J connectivity index is 1.70. The van der Waals surface area contributed by atoms with Gasteiger partial charge in [0.2, 0.25) is 0 Å². The van der Waals surface area contributed by atoms with E-state index >= 15 is 0 Å². The van der Waals surface area contributed by atoms with Crippen LogP contribution in [0.2, 0.25) is 5.02 Å². The maximum atomic E-state index is 13.0. The molecule has 2 aromatic rings. The Hall–Kier alpha value is -3.07. The van der Waals surface area contributed by atoms with Crippen LogP contribution in [-0.2, 0) is 4.74 Å². The van der Waals surface area contributed by atoms with E-state index in [1.54, 1.807) is 31.5 Å². The number of nitrogens with one attached hydrogen (secondary N) is 1. The molecule has 0 aliphatic carbocycles. The predicted molar refractivity (Wildman–Crippen MR) is 118 cm³/mol. The number of nitrogens with zero attached hydrogens (tertiary/aromatic N) is 4. The minimum Gasteiger partial charge on any atom is -0.495 e. The van der Waals surface area contributed by atoms with Gasteiger partial charge < -0.3 is 24.6 Å². The molecular formula is C21H26ClN5O4. The van der Waals surface area contributed by atoms with Gasteiger partial charge in [-0.3, -0.25) is 0 Å². The van der Waals surface area contributed by atoms with Gasteiger partial charge in [0.05, 0.1) is 37.7 Å². The summed E-state index contributed by atoms with van der Waals surface area (Å²) in [7, 11) is 2.84. The number of hydrogen-bond donors (Lipinski definition) is 1. The highest BCUT2D eigenvalue weighted by Crippen LogP contribution is 2.28. The number of benzene rings is 1. The van der Waals surface area contributed by atoms with Crippen molar-refractivity contribution >= 4 is 35.1 Å². The third-order valence-corrected chi connectivity index (χ3v) is 5.50. The van der Waals surface area contributed by atoms with Gasteiger partial charge in [0.1, 0.15) is 11.6 Å². The molecule has 2 heterocycles. The van der Waals surface area contributed by atoms with E-state index in [1.807, 2.05) is 4.90 Å². The van der Waals surface area contributed by atoms with Crippen molar-refractivity contribution < 1.29 is 19.1 Å². The molecule has 1 saturated heterocycles. The Morgan fingerprint density at radius 3 is 2.55 bits per heavy atom. The first-order valence-electron chi connectivity index (χ1n) is 9.90. The minimum absolute atomic E-state index is 0.0375. The van der Waals surface area contributed by atoms with Crippen LogP contribution < -0.4 is 15.0 Å². The normalized spacial score (nSPS) is 16.3. The lowest BCUT2D eigenvalue weighted by Gasteiger charge is -2.43.